The lowest BCUT2D eigenvalue weighted by Crippen LogP contribution is -1.97. The van der Waals surface area contributed by atoms with Crippen LogP contribution in [0.2, 0.25) is 0 Å². The average molecular weight is 267 g/mol. The van der Waals surface area contributed by atoms with E-state index in [1.165, 1.54) is 18.4 Å². The van der Waals surface area contributed by atoms with E-state index in [9.17, 15) is 0 Å². The third kappa shape index (κ3) is 4.41. The predicted octanol–water partition coefficient (Wildman–Crippen LogP) is 5.82. The summed E-state index contributed by atoms with van der Waals surface area (Å²) in [5, 5.41) is 0. The summed E-state index contributed by atoms with van der Waals surface area (Å²) in [7, 11) is 0. The number of ether oxygens (including phenoxy) is 1. The Morgan fingerprint density at radius 2 is 1.45 bits per heavy atom. The summed E-state index contributed by atoms with van der Waals surface area (Å²) in [6.45, 7) is 6.85. The van der Waals surface area contributed by atoms with E-state index in [2.05, 4.69) is 51.1 Å². The van der Waals surface area contributed by atoms with E-state index in [0.29, 0.717) is 5.92 Å². The maximum Gasteiger partial charge on any atom is 0.127 e. The molecule has 0 aliphatic heterocycles. The van der Waals surface area contributed by atoms with Gasteiger partial charge in [-0.2, -0.15) is 0 Å². The van der Waals surface area contributed by atoms with Crippen LogP contribution >= 0.6 is 0 Å². The molecular weight excluding hydrogens is 244 g/mol. The molecule has 1 heteroatoms. The first-order valence-corrected chi connectivity index (χ1v) is 7.39. The Balaban J connectivity index is 1.96. The molecule has 0 aromatic heterocycles. The molecule has 1 nitrogen and oxygen atoms in total. The van der Waals surface area contributed by atoms with Crippen molar-refractivity contribution in [1.82, 2.24) is 0 Å². The van der Waals surface area contributed by atoms with Gasteiger partial charge in [0.1, 0.15) is 11.5 Å². The van der Waals surface area contributed by atoms with Crippen LogP contribution in [0.15, 0.2) is 48.5 Å². The third-order valence-corrected chi connectivity index (χ3v) is 3.55. The van der Waals surface area contributed by atoms with Gasteiger partial charge in [-0.15, -0.1) is 0 Å². The monoisotopic (exact) mass is 267 g/mol. The van der Waals surface area contributed by atoms with Gasteiger partial charge in [-0.05, 0) is 54.2 Å². The van der Waals surface area contributed by atoms with Crippen LogP contribution in [0.3, 0.4) is 0 Å². The van der Waals surface area contributed by atoms with Gasteiger partial charge < -0.3 is 4.74 Å². The SMILES string of the molecule is CC(C)CCC(C)c1ccc(Oc2cc[c]cc2)cc1. The fraction of sp³-hybridized carbons (Fsp3) is 0.368. The van der Waals surface area contributed by atoms with Crippen LogP contribution < -0.4 is 4.74 Å². The van der Waals surface area contributed by atoms with Crippen molar-refractivity contribution in [3.05, 3.63) is 60.2 Å². The van der Waals surface area contributed by atoms with E-state index in [4.69, 9.17) is 4.74 Å². The normalized spacial score (nSPS) is 12.4. The lowest BCUT2D eigenvalue weighted by atomic mass is 9.93. The largest absolute Gasteiger partial charge is 0.457 e. The van der Waals surface area contributed by atoms with Gasteiger partial charge in [0.25, 0.3) is 0 Å². The molecule has 0 amide bonds. The summed E-state index contributed by atoms with van der Waals surface area (Å²) in [6.07, 6.45) is 2.52. The standard InChI is InChI=1S/C19H23O/c1-15(2)9-10-16(3)17-11-13-19(14-12-17)20-18-7-5-4-6-8-18/h5-8,11-16H,9-10H2,1-3H3. The first kappa shape index (κ1) is 14.6. The van der Waals surface area contributed by atoms with E-state index < -0.39 is 0 Å². The van der Waals surface area contributed by atoms with Gasteiger partial charge in [-0.3, -0.25) is 0 Å². The second-order valence-electron chi connectivity index (χ2n) is 5.78. The highest BCUT2D eigenvalue weighted by Gasteiger charge is 2.07. The summed E-state index contributed by atoms with van der Waals surface area (Å²) in [5.41, 5.74) is 1.39. The number of hydrogen-bond acceptors (Lipinski definition) is 1. The van der Waals surface area contributed by atoms with Crippen molar-refractivity contribution in [2.45, 2.75) is 39.5 Å². The van der Waals surface area contributed by atoms with Crippen LogP contribution in [0, 0.1) is 12.0 Å². The summed E-state index contributed by atoms with van der Waals surface area (Å²) in [5.74, 6) is 3.12. The minimum Gasteiger partial charge on any atom is -0.457 e. The Labute approximate surface area is 122 Å². The summed E-state index contributed by atoms with van der Waals surface area (Å²) in [4.78, 5) is 0. The van der Waals surface area contributed by atoms with Crippen LogP contribution in [0.5, 0.6) is 11.5 Å². The molecule has 2 rings (SSSR count). The summed E-state index contributed by atoms with van der Waals surface area (Å²) < 4.78 is 5.79. The van der Waals surface area contributed by atoms with Crippen LogP contribution in [0.1, 0.15) is 45.1 Å². The van der Waals surface area contributed by atoms with Gasteiger partial charge in [0, 0.05) is 0 Å². The van der Waals surface area contributed by atoms with Crippen molar-refractivity contribution < 1.29 is 4.74 Å². The molecule has 0 aliphatic carbocycles. The zero-order chi connectivity index (χ0) is 14.4. The first-order valence-electron chi connectivity index (χ1n) is 7.39. The van der Waals surface area contributed by atoms with Gasteiger partial charge in [0.05, 0.1) is 0 Å². The highest BCUT2D eigenvalue weighted by atomic mass is 16.5. The molecule has 0 heterocycles. The number of rotatable bonds is 6. The molecule has 1 radical (unpaired) electrons. The van der Waals surface area contributed by atoms with Crippen molar-refractivity contribution in [3.63, 3.8) is 0 Å². The van der Waals surface area contributed by atoms with Crippen molar-refractivity contribution in [1.29, 1.82) is 0 Å². The predicted molar refractivity (Wildman–Crippen MR) is 84.3 cm³/mol. The second-order valence-corrected chi connectivity index (χ2v) is 5.78. The van der Waals surface area contributed by atoms with Crippen molar-refractivity contribution in [2.75, 3.05) is 0 Å². The van der Waals surface area contributed by atoms with Crippen LogP contribution in [0.4, 0.5) is 0 Å². The van der Waals surface area contributed by atoms with E-state index in [-0.39, 0.29) is 0 Å². The zero-order valence-corrected chi connectivity index (χ0v) is 12.6. The topological polar surface area (TPSA) is 9.23 Å². The van der Waals surface area contributed by atoms with Gasteiger partial charge in [-0.25, -0.2) is 0 Å². The van der Waals surface area contributed by atoms with Gasteiger partial charge in [0.15, 0.2) is 0 Å². The summed E-state index contributed by atoms with van der Waals surface area (Å²) >= 11 is 0. The van der Waals surface area contributed by atoms with Gasteiger partial charge in [-0.1, -0.05) is 51.5 Å². The molecule has 0 fully saturated rings. The minimum atomic E-state index is 0.609. The molecule has 0 N–H and O–H groups in total. The van der Waals surface area contributed by atoms with E-state index in [1.807, 2.05) is 24.3 Å². The molecule has 0 bridgehead atoms. The van der Waals surface area contributed by atoms with E-state index in [0.717, 1.165) is 17.4 Å². The molecule has 1 atom stereocenters. The van der Waals surface area contributed by atoms with E-state index in [1.54, 1.807) is 0 Å². The quantitative estimate of drug-likeness (QED) is 0.641. The van der Waals surface area contributed by atoms with Crippen LogP contribution in [0.25, 0.3) is 0 Å². The van der Waals surface area contributed by atoms with Crippen LogP contribution in [-0.4, -0.2) is 0 Å². The molecule has 2 aromatic rings. The Morgan fingerprint density at radius 3 is 2.05 bits per heavy atom. The minimum absolute atomic E-state index is 0.609. The number of benzene rings is 2. The van der Waals surface area contributed by atoms with Crippen molar-refractivity contribution >= 4 is 0 Å². The van der Waals surface area contributed by atoms with Gasteiger partial charge >= 0.3 is 0 Å². The first-order chi connectivity index (χ1) is 9.65. The lowest BCUT2D eigenvalue weighted by molar-refractivity contribution is 0.481. The lowest BCUT2D eigenvalue weighted by Gasteiger charge is -2.14. The fourth-order valence-electron chi connectivity index (χ4n) is 2.19. The van der Waals surface area contributed by atoms with Gasteiger partial charge in [0.2, 0.25) is 0 Å². The molecule has 2 aromatic carbocycles. The number of hydrogen-bond donors (Lipinski definition) is 0. The fourth-order valence-corrected chi connectivity index (χ4v) is 2.19. The maximum atomic E-state index is 5.79. The van der Waals surface area contributed by atoms with E-state index >= 15 is 0 Å². The van der Waals surface area contributed by atoms with Crippen molar-refractivity contribution in [3.8, 4) is 11.5 Å². The molecule has 0 saturated carbocycles. The molecule has 1 unspecified atom stereocenters. The molecule has 0 spiro atoms. The Hall–Kier alpha value is -1.76. The Kier molecular flexibility index (Phi) is 5.23. The smallest absolute Gasteiger partial charge is 0.127 e. The highest BCUT2D eigenvalue weighted by molar-refractivity contribution is 5.33. The average Bonchev–Trinajstić information content (AvgIpc) is 2.46. The van der Waals surface area contributed by atoms with Crippen molar-refractivity contribution in [2.24, 2.45) is 5.92 Å². The Bertz CT molecular complexity index is 499. The highest BCUT2D eigenvalue weighted by Crippen LogP contribution is 2.26. The van der Waals surface area contributed by atoms with Crippen LogP contribution in [-0.2, 0) is 0 Å². The zero-order valence-electron chi connectivity index (χ0n) is 12.6. The molecule has 0 saturated heterocycles. The molecule has 105 valence electrons. The molecule has 20 heavy (non-hydrogen) atoms. The maximum absolute atomic E-state index is 5.79. The Morgan fingerprint density at radius 1 is 0.850 bits per heavy atom. The third-order valence-electron chi connectivity index (χ3n) is 3.55. The molecular formula is C19H23O. The molecule has 0 aliphatic rings. The summed E-state index contributed by atoms with van der Waals surface area (Å²) in [6, 6.07) is 19.0. The second kappa shape index (κ2) is 7.14.